The number of carbonyl (C=O) groups excluding carboxylic acids is 2. The van der Waals surface area contributed by atoms with Crippen LogP contribution in [0.4, 0.5) is 4.79 Å². The van der Waals surface area contributed by atoms with Crippen LogP contribution in [0.25, 0.3) is 0 Å². The third kappa shape index (κ3) is 5.23. The number of carbonyl (C=O) groups is 2. The Kier molecular flexibility index (Phi) is 6.22. The second-order valence-electron chi connectivity index (χ2n) is 8.86. The van der Waals surface area contributed by atoms with Gasteiger partial charge in [0.15, 0.2) is 0 Å². The first-order chi connectivity index (χ1) is 12.4. The van der Waals surface area contributed by atoms with Crippen LogP contribution in [0.3, 0.4) is 0 Å². The molecule has 152 valence electrons. The maximum atomic E-state index is 13.4. The van der Waals surface area contributed by atoms with Gasteiger partial charge in [-0.2, -0.15) is 0 Å². The third-order valence-electron chi connectivity index (χ3n) is 5.20. The topological polar surface area (TPSA) is 84.7 Å². The van der Waals surface area contributed by atoms with Crippen LogP contribution in [-0.2, 0) is 16.1 Å². The van der Waals surface area contributed by atoms with Gasteiger partial charge in [-0.05, 0) is 66.2 Å². The number of hydrogen-bond donors (Lipinski definition) is 1. The van der Waals surface area contributed by atoms with E-state index < -0.39 is 17.2 Å². The van der Waals surface area contributed by atoms with E-state index in [1.54, 1.807) is 11.9 Å². The fourth-order valence-corrected chi connectivity index (χ4v) is 3.55. The van der Waals surface area contributed by atoms with Crippen LogP contribution in [0.1, 0.15) is 70.4 Å². The van der Waals surface area contributed by atoms with Gasteiger partial charge in [0.1, 0.15) is 16.9 Å². The molecule has 1 aliphatic carbocycles. The lowest BCUT2D eigenvalue weighted by molar-refractivity contribution is -0.139. The van der Waals surface area contributed by atoms with E-state index in [0.29, 0.717) is 31.1 Å². The molecule has 0 aromatic carbocycles. The van der Waals surface area contributed by atoms with Gasteiger partial charge >= 0.3 is 6.09 Å². The number of aromatic nitrogens is 1. The van der Waals surface area contributed by atoms with E-state index in [2.05, 4.69) is 17.4 Å². The summed E-state index contributed by atoms with van der Waals surface area (Å²) in [5.74, 6) is 1.15. The molecule has 1 N–H and O–H groups in total. The standard InChI is InChI=1S/C20H33N3O4/c1-13-8-10-20(11-9-13,21-18(25)26-19(4,5)6)17(24)23(7)12-16-14(2)22-27-15(16)3/h13H,8-12H2,1-7H3,(H,21,25). The summed E-state index contributed by atoms with van der Waals surface area (Å²) in [4.78, 5) is 27.5. The molecule has 7 nitrogen and oxygen atoms in total. The molecule has 1 aromatic heterocycles. The molecule has 2 rings (SSSR count). The Balaban J connectivity index is 2.19. The number of ether oxygens (including phenoxy) is 1. The predicted molar refractivity (Wildman–Crippen MR) is 102 cm³/mol. The number of rotatable bonds is 4. The van der Waals surface area contributed by atoms with Gasteiger partial charge in [0.25, 0.3) is 0 Å². The molecule has 0 bridgehead atoms. The Morgan fingerprint density at radius 1 is 1.30 bits per heavy atom. The zero-order valence-electron chi connectivity index (χ0n) is 17.6. The van der Waals surface area contributed by atoms with Gasteiger partial charge in [0, 0.05) is 12.6 Å². The average Bonchev–Trinajstić information content (AvgIpc) is 2.86. The lowest BCUT2D eigenvalue weighted by Crippen LogP contribution is -2.60. The summed E-state index contributed by atoms with van der Waals surface area (Å²) in [6.45, 7) is 11.7. The zero-order valence-corrected chi connectivity index (χ0v) is 17.6. The van der Waals surface area contributed by atoms with Crippen molar-refractivity contribution in [3.05, 3.63) is 17.0 Å². The largest absolute Gasteiger partial charge is 0.444 e. The third-order valence-corrected chi connectivity index (χ3v) is 5.20. The van der Waals surface area contributed by atoms with Gasteiger partial charge in [-0.15, -0.1) is 0 Å². The molecule has 1 fully saturated rings. The van der Waals surface area contributed by atoms with Crippen molar-refractivity contribution in [1.29, 1.82) is 0 Å². The molecule has 1 aliphatic rings. The molecule has 1 heterocycles. The van der Waals surface area contributed by atoms with Crippen LogP contribution in [0.15, 0.2) is 4.52 Å². The smallest absolute Gasteiger partial charge is 0.408 e. The number of alkyl carbamates (subject to hydrolysis) is 1. The van der Waals surface area contributed by atoms with Crippen LogP contribution in [0.5, 0.6) is 0 Å². The normalized spacial score (nSPS) is 23.0. The molecule has 0 radical (unpaired) electrons. The first-order valence-corrected chi connectivity index (χ1v) is 9.62. The van der Waals surface area contributed by atoms with Crippen LogP contribution < -0.4 is 5.32 Å². The SMILES string of the molecule is Cc1noc(C)c1CN(C)C(=O)C1(NC(=O)OC(C)(C)C)CCC(C)CC1. The van der Waals surface area contributed by atoms with E-state index in [0.717, 1.165) is 24.1 Å². The van der Waals surface area contributed by atoms with E-state index >= 15 is 0 Å². The molecular formula is C20H33N3O4. The first kappa shape index (κ1) is 21.3. The summed E-state index contributed by atoms with van der Waals surface area (Å²) in [5.41, 5.74) is 0.141. The average molecular weight is 380 g/mol. The summed E-state index contributed by atoms with van der Waals surface area (Å²) in [7, 11) is 1.75. The molecule has 2 amide bonds. The first-order valence-electron chi connectivity index (χ1n) is 9.62. The summed E-state index contributed by atoms with van der Waals surface area (Å²) in [6.07, 6.45) is 2.45. The Bertz CT molecular complexity index is 662. The molecule has 27 heavy (non-hydrogen) atoms. The summed E-state index contributed by atoms with van der Waals surface area (Å²) < 4.78 is 10.6. The van der Waals surface area contributed by atoms with E-state index in [4.69, 9.17) is 9.26 Å². The van der Waals surface area contributed by atoms with Gasteiger partial charge in [-0.3, -0.25) is 4.79 Å². The highest BCUT2D eigenvalue weighted by Crippen LogP contribution is 2.34. The summed E-state index contributed by atoms with van der Waals surface area (Å²) in [5, 5.41) is 6.86. The number of amides is 2. The summed E-state index contributed by atoms with van der Waals surface area (Å²) >= 11 is 0. The van der Waals surface area contributed by atoms with E-state index in [1.807, 2.05) is 34.6 Å². The molecule has 0 saturated heterocycles. The maximum Gasteiger partial charge on any atom is 0.408 e. The molecule has 0 unspecified atom stereocenters. The maximum absolute atomic E-state index is 13.4. The van der Waals surface area contributed by atoms with Gasteiger partial charge in [0.05, 0.1) is 12.2 Å². The van der Waals surface area contributed by atoms with Gasteiger partial charge in [-0.1, -0.05) is 12.1 Å². The van der Waals surface area contributed by atoms with Crippen molar-refractivity contribution >= 4 is 12.0 Å². The number of aryl methyl sites for hydroxylation is 2. The van der Waals surface area contributed by atoms with Crippen molar-refractivity contribution in [2.45, 2.75) is 84.9 Å². The monoisotopic (exact) mass is 379 g/mol. The van der Waals surface area contributed by atoms with E-state index in [1.165, 1.54) is 0 Å². The van der Waals surface area contributed by atoms with E-state index in [9.17, 15) is 9.59 Å². The highest BCUT2D eigenvalue weighted by atomic mass is 16.6. The minimum atomic E-state index is -0.928. The van der Waals surface area contributed by atoms with Crippen molar-refractivity contribution in [3.63, 3.8) is 0 Å². The van der Waals surface area contributed by atoms with Gasteiger partial charge in [0.2, 0.25) is 5.91 Å². The highest BCUT2D eigenvalue weighted by Gasteiger charge is 2.45. The molecule has 0 aliphatic heterocycles. The Morgan fingerprint density at radius 3 is 2.37 bits per heavy atom. The van der Waals surface area contributed by atoms with Crippen molar-refractivity contribution in [2.24, 2.45) is 5.92 Å². The highest BCUT2D eigenvalue weighted by molar-refractivity contribution is 5.90. The predicted octanol–water partition coefficient (Wildman–Crippen LogP) is 3.72. The Morgan fingerprint density at radius 2 is 1.89 bits per heavy atom. The minimum absolute atomic E-state index is 0.0970. The second-order valence-corrected chi connectivity index (χ2v) is 8.86. The Hall–Kier alpha value is -2.05. The molecule has 0 spiro atoms. The van der Waals surface area contributed by atoms with Crippen molar-refractivity contribution in [1.82, 2.24) is 15.4 Å². The van der Waals surface area contributed by atoms with Gasteiger partial charge < -0.3 is 19.5 Å². The van der Waals surface area contributed by atoms with E-state index in [-0.39, 0.29) is 5.91 Å². The van der Waals surface area contributed by atoms with Crippen LogP contribution in [0.2, 0.25) is 0 Å². The van der Waals surface area contributed by atoms with Crippen LogP contribution >= 0.6 is 0 Å². The molecular weight excluding hydrogens is 346 g/mol. The molecule has 1 saturated carbocycles. The number of nitrogens with zero attached hydrogens (tertiary/aromatic N) is 2. The van der Waals surface area contributed by atoms with Crippen LogP contribution in [-0.4, -0.2) is 40.2 Å². The number of hydrogen-bond acceptors (Lipinski definition) is 5. The molecule has 7 heteroatoms. The Labute approximate surface area is 161 Å². The lowest BCUT2D eigenvalue weighted by Gasteiger charge is -2.41. The van der Waals surface area contributed by atoms with Gasteiger partial charge in [-0.25, -0.2) is 4.79 Å². The van der Waals surface area contributed by atoms with Crippen molar-refractivity contribution in [2.75, 3.05) is 7.05 Å². The molecule has 1 aromatic rings. The van der Waals surface area contributed by atoms with Crippen molar-refractivity contribution < 1.29 is 18.8 Å². The quantitative estimate of drug-likeness (QED) is 0.862. The minimum Gasteiger partial charge on any atom is -0.444 e. The fourth-order valence-electron chi connectivity index (χ4n) is 3.55. The second kappa shape index (κ2) is 7.90. The number of likely N-dealkylation sites (N-methyl/N-ethyl adjacent to an activating group) is 1. The summed E-state index contributed by atoms with van der Waals surface area (Å²) in [6, 6.07) is 0. The zero-order chi connectivity index (χ0) is 20.4. The molecule has 0 atom stereocenters. The fraction of sp³-hybridized carbons (Fsp3) is 0.750. The van der Waals surface area contributed by atoms with Crippen LogP contribution in [0, 0.1) is 19.8 Å². The number of nitrogens with one attached hydrogen (secondary N) is 1. The lowest BCUT2D eigenvalue weighted by atomic mass is 9.76. The van der Waals surface area contributed by atoms with Crippen molar-refractivity contribution in [3.8, 4) is 0 Å².